The molecular formula is C10H10F2N2O2. The van der Waals surface area contributed by atoms with Crippen molar-refractivity contribution < 1.29 is 18.4 Å². The molecule has 0 aliphatic carbocycles. The van der Waals surface area contributed by atoms with Crippen molar-refractivity contribution in [3.8, 4) is 0 Å². The highest BCUT2D eigenvalue weighted by Crippen LogP contribution is 2.14. The summed E-state index contributed by atoms with van der Waals surface area (Å²) < 4.78 is 25.6. The smallest absolute Gasteiger partial charge is 0.313 e. The Labute approximate surface area is 90.6 Å². The quantitative estimate of drug-likeness (QED) is 0.743. The highest BCUT2D eigenvalue weighted by atomic mass is 19.1. The summed E-state index contributed by atoms with van der Waals surface area (Å²) in [7, 11) is 0. The normalized spacial score (nSPS) is 9.69. The Morgan fingerprint density at radius 3 is 2.50 bits per heavy atom. The van der Waals surface area contributed by atoms with Gasteiger partial charge in [-0.15, -0.1) is 0 Å². The standard InChI is InChI=1S/C10H10F2N2O2/c1-2-13-9(15)10(16)14-8-4-3-6(11)5-7(8)12/h3-5H,2H2,1H3,(H,13,15)(H,14,16). The third-order valence-electron chi connectivity index (χ3n) is 1.72. The van der Waals surface area contributed by atoms with E-state index < -0.39 is 23.4 Å². The molecule has 0 saturated heterocycles. The van der Waals surface area contributed by atoms with E-state index in [1.54, 1.807) is 6.92 Å². The number of amides is 2. The molecule has 6 heteroatoms. The molecule has 1 aromatic carbocycles. The lowest BCUT2D eigenvalue weighted by Crippen LogP contribution is -2.35. The molecule has 0 spiro atoms. The number of rotatable bonds is 2. The summed E-state index contributed by atoms with van der Waals surface area (Å²) in [6.45, 7) is 1.93. The Hall–Kier alpha value is -1.98. The Morgan fingerprint density at radius 2 is 1.94 bits per heavy atom. The van der Waals surface area contributed by atoms with Gasteiger partial charge in [-0.2, -0.15) is 0 Å². The van der Waals surface area contributed by atoms with Gasteiger partial charge in [0.1, 0.15) is 11.6 Å². The molecule has 2 N–H and O–H groups in total. The first-order valence-corrected chi connectivity index (χ1v) is 4.58. The predicted octanol–water partition coefficient (Wildman–Crippen LogP) is 1.04. The molecule has 0 unspecified atom stereocenters. The zero-order chi connectivity index (χ0) is 12.1. The number of halogens is 2. The monoisotopic (exact) mass is 228 g/mol. The van der Waals surface area contributed by atoms with E-state index >= 15 is 0 Å². The number of nitrogens with one attached hydrogen (secondary N) is 2. The van der Waals surface area contributed by atoms with Gasteiger partial charge in [-0.05, 0) is 19.1 Å². The molecular weight excluding hydrogens is 218 g/mol. The van der Waals surface area contributed by atoms with Crippen molar-refractivity contribution in [3.05, 3.63) is 29.8 Å². The fraction of sp³-hybridized carbons (Fsp3) is 0.200. The van der Waals surface area contributed by atoms with Gasteiger partial charge in [-0.1, -0.05) is 0 Å². The van der Waals surface area contributed by atoms with Crippen LogP contribution in [0.1, 0.15) is 6.92 Å². The van der Waals surface area contributed by atoms with Gasteiger partial charge in [0.25, 0.3) is 0 Å². The molecule has 0 fully saturated rings. The van der Waals surface area contributed by atoms with Gasteiger partial charge in [0.2, 0.25) is 0 Å². The van der Waals surface area contributed by atoms with Crippen molar-refractivity contribution in [2.45, 2.75) is 6.92 Å². The Bertz CT molecular complexity index is 421. The van der Waals surface area contributed by atoms with Gasteiger partial charge in [0, 0.05) is 12.6 Å². The minimum atomic E-state index is -0.993. The fourth-order valence-corrected chi connectivity index (χ4v) is 1.01. The van der Waals surface area contributed by atoms with Crippen LogP contribution in [0.5, 0.6) is 0 Å². The van der Waals surface area contributed by atoms with Crippen LogP contribution in [0.15, 0.2) is 18.2 Å². The first-order valence-electron chi connectivity index (χ1n) is 4.58. The Morgan fingerprint density at radius 1 is 1.25 bits per heavy atom. The van der Waals surface area contributed by atoms with Crippen LogP contribution in [0.25, 0.3) is 0 Å². The van der Waals surface area contributed by atoms with Crippen LogP contribution in [0, 0.1) is 11.6 Å². The number of likely N-dealkylation sites (N-methyl/N-ethyl adjacent to an activating group) is 1. The van der Waals surface area contributed by atoms with E-state index in [0.717, 1.165) is 12.1 Å². The van der Waals surface area contributed by atoms with Crippen LogP contribution in [0.3, 0.4) is 0 Å². The molecule has 1 aromatic rings. The summed E-state index contributed by atoms with van der Waals surface area (Å²) in [6, 6.07) is 2.64. The number of benzene rings is 1. The van der Waals surface area contributed by atoms with Crippen LogP contribution < -0.4 is 10.6 Å². The minimum absolute atomic E-state index is 0.238. The maximum Gasteiger partial charge on any atom is 0.313 e. The highest BCUT2D eigenvalue weighted by Gasteiger charge is 2.14. The van der Waals surface area contributed by atoms with Crippen molar-refractivity contribution in [3.63, 3.8) is 0 Å². The second-order valence-corrected chi connectivity index (χ2v) is 2.94. The van der Waals surface area contributed by atoms with Gasteiger partial charge in [-0.3, -0.25) is 9.59 Å². The molecule has 0 atom stereocenters. The predicted molar refractivity (Wildman–Crippen MR) is 53.7 cm³/mol. The lowest BCUT2D eigenvalue weighted by atomic mass is 10.3. The van der Waals surface area contributed by atoms with Crippen molar-refractivity contribution in [1.29, 1.82) is 0 Å². The molecule has 0 heterocycles. The van der Waals surface area contributed by atoms with E-state index in [1.807, 2.05) is 5.32 Å². The summed E-state index contributed by atoms with van der Waals surface area (Å²) >= 11 is 0. The van der Waals surface area contributed by atoms with Gasteiger partial charge in [0.05, 0.1) is 5.69 Å². The third-order valence-corrected chi connectivity index (χ3v) is 1.72. The average molecular weight is 228 g/mol. The zero-order valence-electron chi connectivity index (χ0n) is 8.51. The maximum atomic E-state index is 13.1. The minimum Gasteiger partial charge on any atom is -0.348 e. The summed E-state index contributed by atoms with van der Waals surface area (Å²) in [6.07, 6.45) is 0. The Kier molecular flexibility index (Phi) is 3.93. The van der Waals surface area contributed by atoms with Gasteiger partial charge in [-0.25, -0.2) is 8.78 Å². The molecule has 0 aliphatic rings. The molecule has 0 radical (unpaired) electrons. The number of hydrogen-bond acceptors (Lipinski definition) is 2. The van der Waals surface area contributed by atoms with Crippen LogP contribution in [-0.4, -0.2) is 18.4 Å². The van der Waals surface area contributed by atoms with E-state index in [1.165, 1.54) is 0 Å². The number of carbonyl (C=O) groups excluding carboxylic acids is 2. The SMILES string of the molecule is CCNC(=O)C(=O)Nc1ccc(F)cc1F. The van der Waals surface area contributed by atoms with Crippen molar-refractivity contribution >= 4 is 17.5 Å². The third kappa shape index (κ3) is 3.01. The number of carbonyl (C=O) groups is 2. The van der Waals surface area contributed by atoms with Gasteiger partial charge < -0.3 is 10.6 Å². The van der Waals surface area contributed by atoms with Crippen LogP contribution in [-0.2, 0) is 9.59 Å². The van der Waals surface area contributed by atoms with Crippen LogP contribution >= 0.6 is 0 Å². The molecule has 0 aromatic heterocycles. The molecule has 0 bridgehead atoms. The van der Waals surface area contributed by atoms with Crippen molar-refractivity contribution in [2.24, 2.45) is 0 Å². The average Bonchev–Trinajstić information content (AvgIpc) is 2.22. The molecule has 0 aliphatic heterocycles. The first kappa shape index (κ1) is 12.1. The molecule has 0 saturated carbocycles. The molecule has 4 nitrogen and oxygen atoms in total. The number of hydrogen-bond donors (Lipinski definition) is 2. The summed E-state index contributed by atoms with van der Waals surface area (Å²) in [5.41, 5.74) is -0.238. The van der Waals surface area contributed by atoms with Crippen molar-refractivity contribution in [1.82, 2.24) is 5.32 Å². The second kappa shape index (κ2) is 5.20. The Balaban J connectivity index is 2.73. The molecule has 16 heavy (non-hydrogen) atoms. The zero-order valence-corrected chi connectivity index (χ0v) is 8.51. The maximum absolute atomic E-state index is 13.1. The molecule has 2 amide bonds. The highest BCUT2D eigenvalue weighted by molar-refractivity contribution is 6.39. The van der Waals surface area contributed by atoms with E-state index in [-0.39, 0.29) is 12.2 Å². The lowest BCUT2D eigenvalue weighted by Gasteiger charge is -2.05. The topological polar surface area (TPSA) is 58.2 Å². The summed E-state index contributed by atoms with van der Waals surface area (Å²) in [5.74, 6) is -3.55. The van der Waals surface area contributed by atoms with Crippen LogP contribution in [0.2, 0.25) is 0 Å². The van der Waals surface area contributed by atoms with E-state index in [9.17, 15) is 18.4 Å². The van der Waals surface area contributed by atoms with Gasteiger partial charge in [0.15, 0.2) is 0 Å². The lowest BCUT2D eigenvalue weighted by molar-refractivity contribution is -0.136. The molecule has 1 rings (SSSR count). The summed E-state index contributed by atoms with van der Waals surface area (Å²) in [5, 5.41) is 4.28. The largest absolute Gasteiger partial charge is 0.348 e. The van der Waals surface area contributed by atoms with E-state index in [4.69, 9.17) is 0 Å². The fourth-order valence-electron chi connectivity index (χ4n) is 1.01. The van der Waals surface area contributed by atoms with Crippen molar-refractivity contribution in [2.75, 3.05) is 11.9 Å². The summed E-state index contributed by atoms with van der Waals surface area (Å²) in [4.78, 5) is 22.2. The number of anilines is 1. The van der Waals surface area contributed by atoms with Gasteiger partial charge >= 0.3 is 11.8 Å². The first-order chi connectivity index (χ1) is 7.54. The van der Waals surface area contributed by atoms with E-state index in [0.29, 0.717) is 6.07 Å². The van der Waals surface area contributed by atoms with Crippen LogP contribution in [0.4, 0.5) is 14.5 Å². The second-order valence-electron chi connectivity index (χ2n) is 2.94. The molecule has 86 valence electrons. The van der Waals surface area contributed by atoms with E-state index in [2.05, 4.69) is 5.32 Å².